The molecule has 0 aromatic heterocycles. The lowest BCUT2D eigenvalue weighted by atomic mass is 9.93. The zero-order valence-electron chi connectivity index (χ0n) is 18.4. The van der Waals surface area contributed by atoms with Crippen molar-refractivity contribution < 1.29 is 14.0 Å². The summed E-state index contributed by atoms with van der Waals surface area (Å²) in [6, 6.07) is 16.0. The van der Waals surface area contributed by atoms with Crippen LogP contribution in [0.15, 0.2) is 54.6 Å². The first kappa shape index (κ1) is 22.1. The molecule has 1 atom stereocenters. The number of benzene rings is 2. The molecule has 2 aromatic carbocycles. The van der Waals surface area contributed by atoms with Crippen LogP contribution in [0.5, 0.6) is 0 Å². The Kier molecular flexibility index (Phi) is 7.24. The van der Waals surface area contributed by atoms with Gasteiger partial charge in [-0.1, -0.05) is 24.3 Å². The van der Waals surface area contributed by atoms with Crippen molar-refractivity contribution in [3.8, 4) is 0 Å². The highest BCUT2D eigenvalue weighted by Gasteiger charge is 2.26. The number of piperazine rings is 1. The molecule has 6 nitrogen and oxygen atoms in total. The number of likely N-dealkylation sites (tertiary alicyclic amines) is 1. The van der Waals surface area contributed by atoms with Gasteiger partial charge in [-0.3, -0.25) is 4.79 Å². The summed E-state index contributed by atoms with van der Waals surface area (Å²) in [5, 5.41) is 2.77. The first-order valence-corrected chi connectivity index (χ1v) is 11.5. The lowest BCUT2D eigenvalue weighted by Gasteiger charge is -2.37. The van der Waals surface area contributed by atoms with Crippen LogP contribution in [0.2, 0.25) is 0 Å². The number of hydrogen-bond acceptors (Lipinski definition) is 3. The van der Waals surface area contributed by atoms with Crippen molar-refractivity contribution in [3.63, 3.8) is 0 Å². The molecule has 2 fully saturated rings. The third-order valence-electron chi connectivity index (χ3n) is 6.40. The predicted molar refractivity (Wildman–Crippen MR) is 124 cm³/mol. The van der Waals surface area contributed by atoms with Crippen LogP contribution in [-0.4, -0.2) is 61.0 Å². The minimum atomic E-state index is -0.373. The molecular formula is C25H31FN4O2. The topological polar surface area (TPSA) is 55.9 Å². The van der Waals surface area contributed by atoms with E-state index in [1.54, 1.807) is 17.0 Å². The van der Waals surface area contributed by atoms with E-state index in [0.717, 1.165) is 45.4 Å². The average molecular weight is 439 g/mol. The van der Waals surface area contributed by atoms with E-state index < -0.39 is 0 Å². The van der Waals surface area contributed by atoms with Crippen LogP contribution < -0.4 is 10.2 Å². The van der Waals surface area contributed by atoms with Gasteiger partial charge in [-0.15, -0.1) is 0 Å². The fourth-order valence-electron chi connectivity index (χ4n) is 4.59. The van der Waals surface area contributed by atoms with Gasteiger partial charge in [-0.2, -0.15) is 0 Å². The maximum absolute atomic E-state index is 13.4. The maximum Gasteiger partial charge on any atom is 0.321 e. The van der Waals surface area contributed by atoms with Crippen molar-refractivity contribution in [2.75, 3.05) is 49.5 Å². The second-order valence-electron chi connectivity index (χ2n) is 8.64. The molecule has 0 saturated carbocycles. The van der Waals surface area contributed by atoms with Gasteiger partial charge < -0.3 is 20.0 Å². The van der Waals surface area contributed by atoms with E-state index in [9.17, 15) is 14.0 Å². The third kappa shape index (κ3) is 5.78. The number of carbonyl (C=O) groups excluding carboxylic acids is 2. The van der Waals surface area contributed by atoms with E-state index in [2.05, 4.69) is 22.3 Å². The normalized spacial score (nSPS) is 19.0. The summed E-state index contributed by atoms with van der Waals surface area (Å²) >= 11 is 0. The Morgan fingerprint density at radius 2 is 1.72 bits per heavy atom. The molecule has 32 heavy (non-hydrogen) atoms. The Balaban J connectivity index is 1.21. The van der Waals surface area contributed by atoms with Gasteiger partial charge in [0.2, 0.25) is 5.91 Å². The van der Waals surface area contributed by atoms with Crippen molar-refractivity contribution in [3.05, 3.63) is 60.4 Å². The summed E-state index contributed by atoms with van der Waals surface area (Å²) in [6.07, 6.45) is 3.26. The smallest absolute Gasteiger partial charge is 0.321 e. The highest BCUT2D eigenvalue weighted by molar-refractivity contribution is 5.89. The second-order valence-corrected chi connectivity index (χ2v) is 8.64. The summed E-state index contributed by atoms with van der Waals surface area (Å²) in [4.78, 5) is 31.4. The van der Waals surface area contributed by atoms with Crippen LogP contribution in [0.1, 0.15) is 25.7 Å². The average Bonchev–Trinajstić information content (AvgIpc) is 2.83. The molecule has 0 aliphatic carbocycles. The number of anilines is 2. The fourth-order valence-corrected chi connectivity index (χ4v) is 4.59. The van der Waals surface area contributed by atoms with Gasteiger partial charge in [0.25, 0.3) is 0 Å². The molecule has 3 amide bonds. The van der Waals surface area contributed by atoms with E-state index in [1.165, 1.54) is 17.8 Å². The van der Waals surface area contributed by atoms with E-state index in [1.807, 2.05) is 23.1 Å². The highest BCUT2D eigenvalue weighted by Crippen LogP contribution is 2.23. The van der Waals surface area contributed by atoms with Gasteiger partial charge in [0.05, 0.1) is 0 Å². The van der Waals surface area contributed by atoms with Crippen LogP contribution in [0.4, 0.5) is 20.6 Å². The van der Waals surface area contributed by atoms with Gasteiger partial charge in [-0.05, 0) is 55.5 Å². The fraction of sp³-hybridized carbons (Fsp3) is 0.440. The summed E-state index contributed by atoms with van der Waals surface area (Å²) in [6.45, 7) is 4.53. The number of rotatable bonds is 5. The number of urea groups is 1. The molecule has 2 aliphatic heterocycles. The molecule has 7 heteroatoms. The summed E-state index contributed by atoms with van der Waals surface area (Å²) in [5.41, 5.74) is 1.67. The van der Waals surface area contributed by atoms with Crippen LogP contribution in [0.25, 0.3) is 0 Å². The molecule has 1 N–H and O–H groups in total. The Labute approximate surface area is 189 Å². The van der Waals surface area contributed by atoms with Gasteiger partial charge in [0.1, 0.15) is 5.82 Å². The minimum Gasteiger partial charge on any atom is -0.368 e. The van der Waals surface area contributed by atoms with E-state index in [4.69, 9.17) is 0 Å². The third-order valence-corrected chi connectivity index (χ3v) is 6.40. The number of hydrogen-bond donors (Lipinski definition) is 1. The number of halogens is 1. The summed E-state index contributed by atoms with van der Waals surface area (Å²) in [7, 11) is 0. The zero-order valence-corrected chi connectivity index (χ0v) is 18.4. The number of amides is 3. The molecule has 2 aromatic rings. The molecular weight excluding hydrogens is 407 g/mol. The molecule has 0 unspecified atom stereocenters. The first-order valence-electron chi connectivity index (χ1n) is 11.5. The van der Waals surface area contributed by atoms with Crippen molar-refractivity contribution in [1.82, 2.24) is 9.80 Å². The predicted octanol–water partition coefficient (Wildman–Crippen LogP) is 4.20. The quantitative estimate of drug-likeness (QED) is 0.761. The van der Waals surface area contributed by atoms with E-state index in [-0.39, 0.29) is 17.8 Å². The van der Waals surface area contributed by atoms with Crippen molar-refractivity contribution in [2.45, 2.75) is 25.7 Å². The van der Waals surface area contributed by atoms with Crippen LogP contribution in [-0.2, 0) is 4.79 Å². The molecule has 2 aliphatic rings. The van der Waals surface area contributed by atoms with Crippen molar-refractivity contribution >= 4 is 23.3 Å². The van der Waals surface area contributed by atoms with Gasteiger partial charge in [0.15, 0.2) is 0 Å². The number of piperidine rings is 1. The monoisotopic (exact) mass is 438 g/mol. The number of carbonyl (C=O) groups is 2. The first-order chi connectivity index (χ1) is 15.6. The lowest BCUT2D eigenvalue weighted by molar-refractivity contribution is -0.131. The molecule has 0 bridgehead atoms. The molecule has 0 radical (unpaired) electrons. The number of para-hydroxylation sites is 1. The summed E-state index contributed by atoms with van der Waals surface area (Å²) in [5.74, 6) is 0.151. The van der Waals surface area contributed by atoms with Crippen LogP contribution in [0.3, 0.4) is 0 Å². The molecule has 2 heterocycles. The molecule has 2 saturated heterocycles. The Hall–Kier alpha value is -3.09. The largest absolute Gasteiger partial charge is 0.368 e. The standard InChI is InChI=1S/C25H31FN4O2/c26-21-7-4-8-22(18-21)27-25(32)30-13-5-6-20(19-30)11-12-24(31)29-16-14-28(15-17-29)23-9-2-1-3-10-23/h1-4,7-10,18,20H,5-6,11-17,19H2,(H,27,32)/t20-/m1/s1. The van der Waals surface area contributed by atoms with Crippen LogP contribution in [0, 0.1) is 11.7 Å². The van der Waals surface area contributed by atoms with Gasteiger partial charge >= 0.3 is 6.03 Å². The molecule has 4 rings (SSSR count). The minimum absolute atomic E-state index is 0.205. The van der Waals surface area contributed by atoms with E-state index >= 15 is 0 Å². The lowest BCUT2D eigenvalue weighted by Crippen LogP contribution is -2.49. The summed E-state index contributed by atoms with van der Waals surface area (Å²) < 4.78 is 13.4. The second kappa shape index (κ2) is 10.5. The molecule has 0 spiro atoms. The van der Waals surface area contributed by atoms with E-state index in [0.29, 0.717) is 31.1 Å². The number of nitrogens with zero attached hydrogens (tertiary/aromatic N) is 3. The molecule has 170 valence electrons. The maximum atomic E-state index is 13.4. The Morgan fingerprint density at radius 3 is 2.47 bits per heavy atom. The zero-order chi connectivity index (χ0) is 22.3. The SMILES string of the molecule is O=C(CC[C@H]1CCCN(C(=O)Nc2cccc(F)c2)C1)N1CCN(c2ccccc2)CC1. The van der Waals surface area contributed by atoms with Gasteiger partial charge in [-0.25, -0.2) is 9.18 Å². The Morgan fingerprint density at radius 1 is 0.938 bits per heavy atom. The van der Waals surface area contributed by atoms with Crippen molar-refractivity contribution in [1.29, 1.82) is 0 Å². The highest BCUT2D eigenvalue weighted by atomic mass is 19.1. The number of nitrogens with one attached hydrogen (secondary N) is 1. The van der Waals surface area contributed by atoms with Crippen LogP contribution >= 0.6 is 0 Å². The van der Waals surface area contributed by atoms with Gasteiger partial charge in [0, 0.05) is 57.1 Å². The van der Waals surface area contributed by atoms with Crippen molar-refractivity contribution in [2.24, 2.45) is 5.92 Å². The Bertz CT molecular complexity index is 915.